The molecule has 1 aromatic carbocycles. The van der Waals surface area contributed by atoms with Gasteiger partial charge < -0.3 is 14.6 Å². The van der Waals surface area contributed by atoms with Crippen LogP contribution in [-0.2, 0) is 9.31 Å². The number of aromatic nitrogens is 4. The molecule has 8 nitrogen and oxygen atoms in total. The zero-order valence-electron chi connectivity index (χ0n) is 19.6. The summed E-state index contributed by atoms with van der Waals surface area (Å²) >= 11 is 0. The van der Waals surface area contributed by atoms with Crippen LogP contribution in [0.3, 0.4) is 0 Å². The standard InChI is InChI=1S/C24H28BN5O3/c1-15(31)30-19(16-11-12-16)13-20(29-30)27-22-18(25-32-23(2,3)24(4,5)33-25)14-26-21(28-22)17-9-7-6-8-10-17/h6-10,13-14,16H,11-12H2,1-5H3,(H,26,27,28,29). The van der Waals surface area contributed by atoms with Crippen LogP contribution in [0.1, 0.15) is 63.9 Å². The largest absolute Gasteiger partial charge is 0.500 e. The first-order valence-corrected chi connectivity index (χ1v) is 11.3. The number of anilines is 2. The van der Waals surface area contributed by atoms with Gasteiger partial charge in [-0.2, -0.15) is 0 Å². The molecule has 1 aliphatic carbocycles. The van der Waals surface area contributed by atoms with Gasteiger partial charge in [0.15, 0.2) is 11.6 Å². The van der Waals surface area contributed by atoms with Crippen LogP contribution in [0.25, 0.3) is 11.4 Å². The van der Waals surface area contributed by atoms with Crippen LogP contribution < -0.4 is 10.8 Å². The zero-order chi connectivity index (χ0) is 23.4. The lowest BCUT2D eigenvalue weighted by Crippen LogP contribution is -2.41. The number of nitrogens with one attached hydrogen (secondary N) is 1. The summed E-state index contributed by atoms with van der Waals surface area (Å²) in [6.45, 7) is 9.56. The topological polar surface area (TPSA) is 91.2 Å². The Kier molecular flexibility index (Phi) is 5.14. The van der Waals surface area contributed by atoms with Crippen molar-refractivity contribution in [1.82, 2.24) is 19.7 Å². The number of benzene rings is 1. The first kappa shape index (κ1) is 21.8. The van der Waals surface area contributed by atoms with Gasteiger partial charge in [0.2, 0.25) is 5.91 Å². The van der Waals surface area contributed by atoms with Gasteiger partial charge in [-0.05, 0) is 40.5 Å². The van der Waals surface area contributed by atoms with Gasteiger partial charge >= 0.3 is 7.12 Å². The number of carbonyl (C=O) groups excluding carboxylic acids is 1. The second-order valence-corrected chi connectivity index (χ2v) is 9.74. The number of hydrogen-bond donors (Lipinski definition) is 1. The third-order valence-electron chi connectivity index (χ3n) is 6.63. The molecule has 1 N–H and O–H groups in total. The van der Waals surface area contributed by atoms with E-state index in [0.29, 0.717) is 28.8 Å². The average Bonchev–Trinajstić information content (AvgIpc) is 3.48. The Bertz CT molecular complexity index is 1190. The summed E-state index contributed by atoms with van der Waals surface area (Å²) in [6.07, 6.45) is 3.88. The summed E-state index contributed by atoms with van der Waals surface area (Å²) < 4.78 is 14.0. The van der Waals surface area contributed by atoms with Crippen molar-refractivity contribution in [2.45, 2.75) is 64.6 Å². The highest BCUT2D eigenvalue weighted by atomic mass is 16.7. The van der Waals surface area contributed by atoms with E-state index in [1.165, 1.54) is 11.6 Å². The number of carbonyl (C=O) groups is 1. The molecule has 0 atom stereocenters. The first-order valence-electron chi connectivity index (χ1n) is 11.3. The first-order chi connectivity index (χ1) is 15.6. The van der Waals surface area contributed by atoms with Gasteiger partial charge in [0, 0.05) is 36.1 Å². The molecular weight excluding hydrogens is 417 g/mol. The van der Waals surface area contributed by atoms with Crippen molar-refractivity contribution in [2.24, 2.45) is 0 Å². The molecule has 2 aromatic heterocycles. The normalized spacial score (nSPS) is 19.0. The van der Waals surface area contributed by atoms with E-state index in [2.05, 4.69) is 15.4 Å². The molecule has 0 radical (unpaired) electrons. The molecule has 2 fully saturated rings. The van der Waals surface area contributed by atoms with Crippen molar-refractivity contribution in [3.8, 4) is 11.4 Å². The van der Waals surface area contributed by atoms with Gasteiger partial charge in [-0.25, -0.2) is 14.6 Å². The number of hydrogen-bond acceptors (Lipinski definition) is 7. The van der Waals surface area contributed by atoms with Crippen LogP contribution in [0.4, 0.5) is 11.6 Å². The van der Waals surface area contributed by atoms with Gasteiger partial charge in [0.05, 0.1) is 16.9 Å². The van der Waals surface area contributed by atoms with Crippen LogP contribution in [0.5, 0.6) is 0 Å². The molecule has 1 aliphatic heterocycles. The minimum atomic E-state index is -0.639. The quantitative estimate of drug-likeness (QED) is 0.596. The predicted molar refractivity (Wildman–Crippen MR) is 127 cm³/mol. The van der Waals surface area contributed by atoms with Gasteiger partial charge in [-0.3, -0.25) is 4.79 Å². The van der Waals surface area contributed by atoms with E-state index in [1.807, 2.05) is 64.1 Å². The van der Waals surface area contributed by atoms with Crippen LogP contribution in [0, 0.1) is 0 Å². The maximum atomic E-state index is 12.1. The lowest BCUT2D eigenvalue weighted by Gasteiger charge is -2.32. The maximum absolute atomic E-state index is 12.1. The summed E-state index contributed by atoms with van der Waals surface area (Å²) in [4.78, 5) is 21.5. The van der Waals surface area contributed by atoms with Crippen molar-refractivity contribution >= 4 is 30.1 Å². The van der Waals surface area contributed by atoms with Gasteiger partial charge in [-0.1, -0.05) is 30.3 Å². The Hall–Kier alpha value is -3.04. The molecule has 9 heteroatoms. The lowest BCUT2D eigenvalue weighted by molar-refractivity contribution is 0.00578. The minimum absolute atomic E-state index is 0.108. The van der Waals surface area contributed by atoms with Gasteiger partial charge in [-0.15, -0.1) is 5.10 Å². The molecule has 1 saturated carbocycles. The molecule has 3 heterocycles. The van der Waals surface area contributed by atoms with Crippen LogP contribution in [0.2, 0.25) is 0 Å². The van der Waals surface area contributed by atoms with Crippen molar-refractivity contribution in [2.75, 3.05) is 5.32 Å². The van der Waals surface area contributed by atoms with Gasteiger partial charge in [0.25, 0.3) is 0 Å². The second kappa shape index (κ2) is 7.78. The number of nitrogens with zero attached hydrogens (tertiary/aromatic N) is 4. The smallest absolute Gasteiger partial charge is 0.399 e. The van der Waals surface area contributed by atoms with Crippen molar-refractivity contribution < 1.29 is 14.1 Å². The zero-order valence-corrected chi connectivity index (χ0v) is 19.6. The van der Waals surface area contributed by atoms with E-state index in [9.17, 15) is 4.79 Å². The van der Waals surface area contributed by atoms with Crippen LogP contribution >= 0.6 is 0 Å². The van der Waals surface area contributed by atoms with Crippen LogP contribution in [-0.4, -0.2) is 44.0 Å². The Morgan fingerprint density at radius 3 is 2.39 bits per heavy atom. The summed E-state index contributed by atoms with van der Waals surface area (Å²) in [7, 11) is -0.639. The third-order valence-corrected chi connectivity index (χ3v) is 6.63. The molecule has 2 aliphatic rings. The molecule has 3 aromatic rings. The van der Waals surface area contributed by atoms with E-state index < -0.39 is 18.3 Å². The minimum Gasteiger partial charge on any atom is -0.399 e. The molecular formula is C24H28BN5O3. The monoisotopic (exact) mass is 445 g/mol. The lowest BCUT2D eigenvalue weighted by atomic mass is 9.80. The third kappa shape index (κ3) is 4.07. The second-order valence-electron chi connectivity index (χ2n) is 9.74. The molecule has 0 spiro atoms. The maximum Gasteiger partial charge on any atom is 0.500 e. The summed E-state index contributed by atoms with van der Waals surface area (Å²) in [5, 5.41) is 7.82. The highest BCUT2D eigenvalue weighted by Gasteiger charge is 2.52. The Labute approximate surface area is 193 Å². The van der Waals surface area contributed by atoms with Crippen molar-refractivity contribution in [3.05, 3.63) is 48.3 Å². The predicted octanol–water partition coefficient (Wildman–Crippen LogP) is 3.92. The highest BCUT2D eigenvalue weighted by molar-refractivity contribution is 6.63. The Balaban J connectivity index is 1.55. The highest BCUT2D eigenvalue weighted by Crippen LogP contribution is 2.41. The fraction of sp³-hybridized carbons (Fsp3) is 0.417. The Morgan fingerprint density at radius 1 is 1.12 bits per heavy atom. The SMILES string of the molecule is CC(=O)n1nc(Nc2nc(-c3ccccc3)ncc2B2OC(C)(C)C(C)(C)O2)cc1C1CC1. The molecule has 170 valence electrons. The van der Waals surface area contributed by atoms with Crippen molar-refractivity contribution in [1.29, 1.82) is 0 Å². The van der Waals surface area contributed by atoms with Crippen molar-refractivity contribution in [3.63, 3.8) is 0 Å². The number of rotatable bonds is 5. The van der Waals surface area contributed by atoms with E-state index in [4.69, 9.17) is 14.3 Å². The van der Waals surface area contributed by atoms with Gasteiger partial charge in [0.1, 0.15) is 5.82 Å². The molecule has 0 unspecified atom stereocenters. The fourth-order valence-electron chi connectivity index (χ4n) is 3.86. The van der Waals surface area contributed by atoms with E-state index in [0.717, 1.165) is 24.1 Å². The molecule has 5 rings (SSSR count). The molecule has 0 amide bonds. The van der Waals surface area contributed by atoms with E-state index in [-0.39, 0.29) is 5.91 Å². The summed E-state index contributed by atoms with van der Waals surface area (Å²) in [5.41, 5.74) is 1.51. The molecule has 1 saturated heterocycles. The summed E-state index contributed by atoms with van der Waals surface area (Å²) in [6, 6.07) is 11.7. The molecule has 33 heavy (non-hydrogen) atoms. The summed E-state index contributed by atoms with van der Waals surface area (Å²) in [5.74, 6) is 1.95. The Morgan fingerprint density at radius 2 is 1.79 bits per heavy atom. The average molecular weight is 445 g/mol. The van der Waals surface area contributed by atoms with E-state index in [1.54, 1.807) is 6.20 Å². The van der Waals surface area contributed by atoms with E-state index >= 15 is 0 Å². The van der Waals surface area contributed by atoms with Crippen LogP contribution in [0.15, 0.2) is 42.6 Å². The molecule has 0 bridgehead atoms. The fourth-order valence-corrected chi connectivity index (χ4v) is 3.86.